The average Bonchev–Trinajstić information content (AvgIpc) is 2.53. The fourth-order valence-electron chi connectivity index (χ4n) is 1.99. The Hall–Kier alpha value is -2.87. The van der Waals surface area contributed by atoms with Crippen molar-refractivity contribution in [2.75, 3.05) is 0 Å². The number of hydrogen-bond donors (Lipinski definition) is 0. The molecular weight excluding hydrogens is 268 g/mol. The van der Waals surface area contributed by atoms with Crippen LogP contribution in [0, 0.1) is 6.92 Å². The highest BCUT2D eigenvalue weighted by Crippen LogP contribution is 2.17. The molecule has 1 rings (SSSR count). The molecule has 0 saturated carbocycles. The second kappa shape index (κ2) is 9.14. The minimum atomic E-state index is 0.755. The van der Waals surface area contributed by atoms with Crippen LogP contribution < -0.4 is 0 Å². The summed E-state index contributed by atoms with van der Waals surface area (Å²) in [7, 11) is 0. The van der Waals surface area contributed by atoms with Crippen molar-refractivity contribution >= 4 is 5.84 Å². The normalized spacial score (nSPS) is 12.0. The van der Waals surface area contributed by atoms with Crippen molar-refractivity contribution in [3.63, 3.8) is 0 Å². The molecule has 112 valence electrons. The van der Waals surface area contributed by atoms with Crippen molar-refractivity contribution in [1.29, 1.82) is 0 Å². The van der Waals surface area contributed by atoms with Gasteiger partial charge < -0.3 is 4.90 Å². The fourth-order valence-corrected chi connectivity index (χ4v) is 1.99. The summed E-state index contributed by atoms with van der Waals surface area (Å²) >= 11 is 0. The van der Waals surface area contributed by atoms with Crippen molar-refractivity contribution in [1.82, 2.24) is 4.90 Å². The van der Waals surface area contributed by atoms with Crippen LogP contribution in [0.4, 0.5) is 0 Å². The molecule has 1 aromatic carbocycles. The first kappa shape index (κ1) is 17.2. The van der Waals surface area contributed by atoms with Gasteiger partial charge >= 0.3 is 0 Å². The second-order valence-corrected chi connectivity index (χ2v) is 4.42. The van der Waals surface area contributed by atoms with Crippen molar-refractivity contribution in [2.24, 2.45) is 4.99 Å². The summed E-state index contributed by atoms with van der Waals surface area (Å²) in [6.07, 6.45) is 12.4. The molecular formula is C20H22N2. The molecule has 0 amide bonds. The molecule has 2 nitrogen and oxygen atoms in total. The van der Waals surface area contributed by atoms with Crippen molar-refractivity contribution < 1.29 is 0 Å². The number of aliphatic imine (C=N–C) groups is 1. The largest absolute Gasteiger partial charge is 0.302 e. The van der Waals surface area contributed by atoms with Gasteiger partial charge in [-0.25, -0.2) is 4.99 Å². The summed E-state index contributed by atoms with van der Waals surface area (Å²) in [6.45, 7) is 17.1. The third-order valence-corrected chi connectivity index (χ3v) is 2.98. The predicted molar refractivity (Wildman–Crippen MR) is 97.6 cm³/mol. The van der Waals surface area contributed by atoms with Crippen LogP contribution in [0.5, 0.6) is 0 Å². The van der Waals surface area contributed by atoms with Gasteiger partial charge in [0, 0.05) is 23.7 Å². The smallest absolute Gasteiger partial charge is 0.144 e. The molecule has 0 saturated heterocycles. The predicted octanol–water partition coefficient (Wildman–Crippen LogP) is 5.14. The summed E-state index contributed by atoms with van der Waals surface area (Å²) < 4.78 is 0. The van der Waals surface area contributed by atoms with E-state index in [-0.39, 0.29) is 0 Å². The zero-order valence-electron chi connectivity index (χ0n) is 13.1. The monoisotopic (exact) mass is 290 g/mol. The van der Waals surface area contributed by atoms with Gasteiger partial charge in [-0.1, -0.05) is 68.8 Å². The van der Waals surface area contributed by atoms with Crippen LogP contribution in [0.1, 0.15) is 11.1 Å². The number of aryl methyl sites for hydroxylation is 1. The van der Waals surface area contributed by atoms with Crippen LogP contribution in [0.3, 0.4) is 0 Å². The van der Waals surface area contributed by atoms with E-state index in [1.54, 1.807) is 18.4 Å². The number of rotatable bonds is 7. The molecule has 0 aliphatic heterocycles. The first-order valence-corrected chi connectivity index (χ1v) is 6.97. The Morgan fingerprint density at radius 3 is 2.36 bits per heavy atom. The maximum Gasteiger partial charge on any atom is 0.144 e. The van der Waals surface area contributed by atoms with Gasteiger partial charge in [0.05, 0.1) is 0 Å². The SMILES string of the molecule is C=C/C=C\C(=C/C=C)N(C=C)/C(=N\C=C)c1ccccc1C. The van der Waals surface area contributed by atoms with Gasteiger partial charge in [0.15, 0.2) is 0 Å². The third-order valence-electron chi connectivity index (χ3n) is 2.98. The van der Waals surface area contributed by atoms with E-state index in [9.17, 15) is 0 Å². The highest BCUT2D eigenvalue weighted by Gasteiger charge is 2.14. The van der Waals surface area contributed by atoms with Crippen LogP contribution in [0.2, 0.25) is 0 Å². The highest BCUT2D eigenvalue weighted by molar-refractivity contribution is 6.02. The Balaban J connectivity index is 3.45. The van der Waals surface area contributed by atoms with E-state index in [1.807, 2.05) is 54.3 Å². The van der Waals surface area contributed by atoms with Gasteiger partial charge in [0.25, 0.3) is 0 Å². The second-order valence-electron chi connectivity index (χ2n) is 4.42. The summed E-state index contributed by atoms with van der Waals surface area (Å²) in [4.78, 5) is 6.33. The van der Waals surface area contributed by atoms with E-state index >= 15 is 0 Å². The molecule has 0 aliphatic rings. The zero-order valence-corrected chi connectivity index (χ0v) is 13.1. The summed E-state index contributed by atoms with van der Waals surface area (Å²) in [5.74, 6) is 0.755. The van der Waals surface area contributed by atoms with Gasteiger partial charge in [0.1, 0.15) is 5.84 Å². The average molecular weight is 290 g/mol. The minimum absolute atomic E-state index is 0.755. The maximum absolute atomic E-state index is 4.44. The summed E-state index contributed by atoms with van der Waals surface area (Å²) in [5, 5.41) is 0. The molecule has 0 aliphatic carbocycles. The Morgan fingerprint density at radius 1 is 1.09 bits per heavy atom. The van der Waals surface area contributed by atoms with E-state index < -0.39 is 0 Å². The summed E-state index contributed by atoms with van der Waals surface area (Å²) in [5.41, 5.74) is 3.03. The molecule has 22 heavy (non-hydrogen) atoms. The number of amidine groups is 1. The number of nitrogens with zero attached hydrogens (tertiary/aromatic N) is 2. The third kappa shape index (κ3) is 4.32. The first-order valence-electron chi connectivity index (χ1n) is 6.97. The molecule has 0 atom stereocenters. The topological polar surface area (TPSA) is 15.6 Å². The van der Waals surface area contributed by atoms with Crippen LogP contribution in [0.25, 0.3) is 0 Å². The molecule has 0 spiro atoms. The Morgan fingerprint density at radius 2 is 1.82 bits per heavy atom. The molecule has 0 aromatic heterocycles. The van der Waals surface area contributed by atoms with E-state index in [4.69, 9.17) is 0 Å². The molecule has 0 unspecified atom stereocenters. The maximum atomic E-state index is 4.44. The Kier molecular flexibility index (Phi) is 7.14. The lowest BCUT2D eigenvalue weighted by atomic mass is 10.1. The number of benzene rings is 1. The van der Waals surface area contributed by atoms with Crippen LogP contribution in [0.15, 0.2) is 104 Å². The van der Waals surface area contributed by atoms with E-state index in [0.29, 0.717) is 0 Å². The molecule has 0 heterocycles. The van der Waals surface area contributed by atoms with E-state index in [2.05, 4.69) is 31.3 Å². The van der Waals surface area contributed by atoms with E-state index in [0.717, 1.165) is 22.7 Å². The first-order chi connectivity index (χ1) is 10.7. The van der Waals surface area contributed by atoms with Crippen LogP contribution in [-0.4, -0.2) is 10.7 Å². The standard InChI is InChI=1S/C20H22N2/c1-6-10-15-18(13-7-2)22(9-4)20(21-8-3)19-16-12-11-14-17(19)5/h6-16H,1-4H2,5H3/b15-10-,18-13+,21-20-. The van der Waals surface area contributed by atoms with E-state index in [1.165, 1.54) is 6.20 Å². The molecule has 0 radical (unpaired) electrons. The lowest BCUT2D eigenvalue weighted by Crippen LogP contribution is -2.25. The molecule has 0 bridgehead atoms. The molecule has 2 heteroatoms. The lowest BCUT2D eigenvalue weighted by molar-refractivity contribution is 0.715. The van der Waals surface area contributed by atoms with Crippen LogP contribution >= 0.6 is 0 Å². The molecule has 0 N–H and O–H groups in total. The van der Waals surface area contributed by atoms with Crippen molar-refractivity contribution in [3.8, 4) is 0 Å². The number of allylic oxidation sites excluding steroid dienone is 5. The Labute approximate surface area is 133 Å². The van der Waals surface area contributed by atoms with Gasteiger partial charge in [-0.05, 0) is 24.6 Å². The number of hydrogen-bond acceptors (Lipinski definition) is 1. The minimum Gasteiger partial charge on any atom is -0.302 e. The van der Waals surface area contributed by atoms with Gasteiger partial charge in [0.2, 0.25) is 0 Å². The van der Waals surface area contributed by atoms with Gasteiger partial charge in [-0.15, -0.1) is 0 Å². The summed E-state index contributed by atoms with van der Waals surface area (Å²) in [6, 6.07) is 8.06. The van der Waals surface area contributed by atoms with Crippen LogP contribution in [-0.2, 0) is 0 Å². The lowest BCUT2D eigenvalue weighted by Gasteiger charge is -2.24. The molecule has 0 fully saturated rings. The fraction of sp³-hybridized carbons (Fsp3) is 0.0500. The van der Waals surface area contributed by atoms with Crippen molar-refractivity contribution in [2.45, 2.75) is 6.92 Å². The molecule has 1 aromatic rings. The van der Waals surface area contributed by atoms with Crippen molar-refractivity contribution in [3.05, 3.63) is 110 Å². The highest BCUT2D eigenvalue weighted by atomic mass is 15.2. The Bertz CT molecular complexity index is 645. The zero-order chi connectivity index (χ0) is 16.4. The quantitative estimate of drug-likeness (QED) is 0.385. The van der Waals surface area contributed by atoms with Gasteiger partial charge in [-0.2, -0.15) is 0 Å². The van der Waals surface area contributed by atoms with Gasteiger partial charge in [-0.3, -0.25) is 0 Å².